The fraction of sp³-hybridized carbons (Fsp3) is 0.125. The SMILES string of the molecule is O=C1COc2ccccc2N1.[HH]. The summed E-state index contributed by atoms with van der Waals surface area (Å²) in [5, 5.41) is 2.70. The Labute approximate surface area is 65.5 Å². The molecule has 3 heteroatoms. The van der Waals surface area contributed by atoms with Crippen molar-refractivity contribution in [2.45, 2.75) is 0 Å². The predicted molar refractivity (Wildman–Crippen MR) is 42.7 cm³/mol. The highest BCUT2D eigenvalue weighted by molar-refractivity contribution is 5.95. The summed E-state index contributed by atoms with van der Waals surface area (Å²) in [7, 11) is 0. The fourth-order valence-electron chi connectivity index (χ4n) is 1.03. The number of carbonyl (C=O) groups excluding carboxylic acids is 1. The molecule has 11 heavy (non-hydrogen) atoms. The van der Waals surface area contributed by atoms with Crippen LogP contribution in [0.15, 0.2) is 24.3 Å². The van der Waals surface area contributed by atoms with Crippen molar-refractivity contribution in [1.29, 1.82) is 0 Å². The maximum Gasteiger partial charge on any atom is 0.262 e. The van der Waals surface area contributed by atoms with Crippen LogP contribution in [0.1, 0.15) is 1.43 Å². The second-order valence-corrected chi connectivity index (χ2v) is 2.33. The van der Waals surface area contributed by atoms with Crippen molar-refractivity contribution in [2.75, 3.05) is 11.9 Å². The third kappa shape index (κ3) is 1.05. The molecule has 0 fully saturated rings. The molecule has 0 saturated carbocycles. The monoisotopic (exact) mass is 151 g/mol. The Morgan fingerprint density at radius 2 is 2.27 bits per heavy atom. The van der Waals surface area contributed by atoms with Crippen LogP contribution in [-0.2, 0) is 4.79 Å². The van der Waals surface area contributed by atoms with E-state index in [1.807, 2.05) is 24.3 Å². The van der Waals surface area contributed by atoms with E-state index in [-0.39, 0.29) is 13.9 Å². The molecule has 1 aliphatic heterocycles. The molecule has 1 aliphatic rings. The highest BCUT2D eigenvalue weighted by Gasteiger charge is 2.13. The van der Waals surface area contributed by atoms with Crippen LogP contribution in [0.25, 0.3) is 0 Å². The van der Waals surface area contributed by atoms with Gasteiger partial charge >= 0.3 is 0 Å². The average molecular weight is 151 g/mol. The van der Waals surface area contributed by atoms with Gasteiger partial charge in [-0.1, -0.05) is 12.1 Å². The van der Waals surface area contributed by atoms with Gasteiger partial charge in [0.1, 0.15) is 5.75 Å². The number of anilines is 1. The lowest BCUT2D eigenvalue weighted by Crippen LogP contribution is -2.25. The molecule has 2 rings (SSSR count). The van der Waals surface area contributed by atoms with Crippen molar-refractivity contribution in [3.05, 3.63) is 24.3 Å². The van der Waals surface area contributed by atoms with E-state index in [0.717, 1.165) is 11.4 Å². The number of benzene rings is 1. The topological polar surface area (TPSA) is 38.3 Å². The van der Waals surface area contributed by atoms with Gasteiger partial charge in [-0.2, -0.15) is 0 Å². The van der Waals surface area contributed by atoms with Crippen LogP contribution in [0.2, 0.25) is 0 Å². The quantitative estimate of drug-likeness (QED) is 0.606. The van der Waals surface area contributed by atoms with Crippen molar-refractivity contribution in [1.82, 2.24) is 0 Å². The summed E-state index contributed by atoms with van der Waals surface area (Å²) in [5.41, 5.74) is 0.753. The summed E-state index contributed by atoms with van der Waals surface area (Å²) in [4.78, 5) is 10.8. The Balaban J connectivity index is 0.000000720. The van der Waals surface area contributed by atoms with Gasteiger partial charge in [-0.05, 0) is 12.1 Å². The fourth-order valence-corrected chi connectivity index (χ4v) is 1.03. The smallest absolute Gasteiger partial charge is 0.262 e. The number of hydrogen-bond acceptors (Lipinski definition) is 2. The van der Waals surface area contributed by atoms with E-state index < -0.39 is 0 Å². The second kappa shape index (κ2) is 2.27. The molecule has 0 atom stereocenters. The molecule has 0 aromatic heterocycles. The first kappa shape index (κ1) is 6.22. The van der Waals surface area contributed by atoms with E-state index in [1.165, 1.54) is 0 Å². The van der Waals surface area contributed by atoms with E-state index in [0.29, 0.717) is 0 Å². The van der Waals surface area contributed by atoms with Crippen molar-refractivity contribution >= 4 is 11.6 Å². The van der Waals surface area contributed by atoms with Gasteiger partial charge in [0, 0.05) is 1.43 Å². The zero-order chi connectivity index (χ0) is 7.68. The largest absolute Gasteiger partial charge is 0.482 e. The third-order valence-corrected chi connectivity index (χ3v) is 1.52. The Bertz CT molecular complexity index is 301. The van der Waals surface area contributed by atoms with Crippen molar-refractivity contribution < 1.29 is 11.0 Å². The van der Waals surface area contributed by atoms with Gasteiger partial charge in [-0.25, -0.2) is 0 Å². The first-order valence-corrected chi connectivity index (χ1v) is 3.38. The van der Waals surface area contributed by atoms with Crippen molar-refractivity contribution in [3.8, 4) is 5.75 Å². The minimum Gasteiger partial charge on any atom is -0.482 e. The first-order chi connectivity index (χ1) is 5.36. The number of hydrogen-bond donors (Lipinski definition) is 1. The number of fused-ring (bicyclic) bond motifs is 1. The molecule has 1 N–H and O–H groups in total. The van der Waals surface area contributed by atoms with Crippen LogP contribution >= 0.6 is 0 Å². The van der Waals surface area contributed by atoms with E-state index in [9.17, 15) is 4.79 Å². The van der Waals surface area contributed by atoms with Crippen LogP contribution in [0.5, 0.6) is 5.75 Å². The van der Waals surface area contributed by atoms with Gasteiger partial charge in [-0.15, -0.1) is 0 Å². The lowest BCUT2D eigenvalue weighted by molar-refractivity contribution is -0.118. The van der Waals surface area contributed by atoms with Crippen LogP contribution < -0.4 is 10.1 Å². The van der Waals surface area contributed by atoms with E-state index in [4.69, 9.17) is 4.74 Å². The maximum absolute atomic E-state index is 10.8. The molecule has 0 aliphatic carbocycles. The summed E-state index contributed by atoms with van der Waals surface area (Å²) < 4.78 is 5.12. The molecule has 1 aromatic carbocycles. The standard InChI is InChI=1S/C8H7NO2.H2/c10-8-5-11-7-4-2-1-3-6(7)9-8;/h1-4H,5H2,(H,9,10);1H. The van der Waals surface area contributed by atoms with Crippen LogP contribution in [0, 0.1) is 0 Å². The Kier molecular flexibility index (Phi) is 1.28. The van der Waals surface area contributed by atoms with Crippen molar-refractivity contribution in [3.63, 3.8) is 0 Å². The van der Waals surface area contributed by atoms with E-state index in [1.54, 1.807) is 0 Å². The molecule has 0 unspecified atom stereocenters. The first-order valence-electron chi connectivity index (χ1n) is 3.38. The number of para-hydroxylation sites is 2. The number of rotatable bonds is 0. The van der Waals surface area contributed by atoms with Gasteiger partial charge in [-0.3, -0.25) is 4.79 Å². The molecule has 0 bridgehead atoms. The Hall–Kier alpha value is -1.51. The number of nitrogens with one attached hydrogen (secondary N) is 1. The molecule has 0 spiro atoms. The number of amides is 1. The molecule has 1 amide bonds. The normalized spacial score (nSPS) is 14.7. The molecular weight excluding hydrogens is 142 g/mol. The van der Waals surface area contributed by atoms with Gasteiger partial charge in [0.15, 0.2) is 6.61 Å². The third-order valence-electron chi connectivity index (χ3n) is 1.52. The summed E-state index contributed by atoms with van der Waals surface area (Å²) in [6.45, 7) is 0.122. The maximum atomic E-state index is 10.8. The average Bonchev–Trinajstić information content (AvgIpc) is 2.04. The number of ether oxygens (including phenoxy) is 1. The van der Waals surface area contributed by atoms with Gasteiger partial charge in [0.25, 0.3) is 5.91 Å². The zero-order valence-corrected chi connectivity index (χ0v) is 5.83. The molecule has 0 radical (unpaired) electrons. The van der Waals surface area contributed by atoms with Crippen LogP contribution in [0.4, 0.5) is 5.69 Å². The van der Waals surface area contributed by atoms with E-state index in [2.05, 4.69) is 5.32 Å². The molecular formula is C8H9NO2. The summed E-state index contributed by atoms with van der Waals surface area (Å²) in [5.74, 6) is 0.649. The van der Waals surface area contributed by atoms with Crippen LogP contribution in [0.3, 0.4) is 0 Å². The highest BCUT2D eigenvalue weighted by atomic mass is 16.5. The highest BCUT2D eigenvalue weighted by Crippen LogP contribution is 2.25. The molecule has 0 saturated heterocycles. The lowest BCUT2D eigenvalue weighted by atomic mass is 10.2. The summed E-state index contributed by atoms with van der Waals surface area (Å²) in [6, 6.07) is 7.37. The minimum atomic E-state index is -0.0938. The molecule has 58 valence electrons. The van der Waals surface area contributed by atoms with E-state index >= 15 is 0 Å². The van der Waals surface area contributed by atoms with Gasteiger partial charge in [0.05, 0.1) is 5.69 Å². The number of carbonyl (C=O) groups is 1. The molecule has 1 heterocycles. The second-order valence-electron chi connectivity index (χ2n) is 2.33. The van der Waals surface area contributed by atoms with Crippen molar-refractivity contribution in [2.24, 2.45) is 0 Å². The Morgan fingerprint density at radius 3 is 3.18 bits per heavy atom. The Morgan fingerprint density at radius 1 is 1.45 bits per heavy atom. The lowest BCUT2D eigenvalue weighted by Gasteiger charge is -2.16. The van der Waals surface area contributed by atoms with Gasteiger partial charge < -0.3 is 10.1 Å². The minimum absolute atomic E-state index is 0. The van der Waals surface area contributed by atoms with Gasteiger partial charge in [0.2, 0.25) is 0 Å². The summed E-state index contributed by atoms with van der Waals surface area (Å²) in [6.07, 6.45) is 0. The zero-order valence-electron chi connectivity index (χ0n) is 5.83. The molecule has 1 aromatic rings. The predicted octanol–water partition coefficient (Wildman–Crippen LogP) is 1.26. The summed E-state index contributed by atoms with van der Waals surface area (Å²) >= 11 is 0. The van der Waals surface area contributed by atoms with Crippen LogP contribution in [-0.4, -0.2) is 12.5 Å². The molecule has 3 nitrogen and oxygen atoms in total.